The molecule has 0 N–H and O–H groups in total. The first-order chi connectivity index (χ1) is 10.3. The first-order valence-electron chi connectivity index (χ1n) is 7.22. The number of hydrogen-bond acceptors (Lipinski definition) is 3. The first-order valence-corrected chi connectivity index (χ1v) is 7.22. The minimum atomic E-state index is -0.450. The highest BCUT2D eigenvalue weighted by molar-refractivity contribution is 5.89. The molecule has 1 aliphatic carbocycles. The first kappa shape index (κ1) is 13.8. The van der Waals surface area contributed by atoms with Gasteiger partial charge in [0, 0.05) is 0 Å². The van der Waals surface area contributed by atoms with Crippen LogP contribution in [0.1, 0.15) is 36.0 Å². The fourth-order valence-electron chi connectivity index (χ4n) is 2.43. The second-order valence-electron chi connectivity index (χ2n) is 5.14. The van der Waals surface area contributed by atoms with E-state index in [0.29, 0.717) is 5.56 Å². The molecule has 0 bridgehead atoms. The van der Waals surface area contributed by atoms with Gasteiger partial charge in [-0.1, -0.05) is 55.3 Å². The van der Waals surface area contributed by atoms with Gasteiger partial charge in [-0.2, -0.15) is 4.89 Å². The van der Waals surface area contributed by atoms with Gasteiger partial charge in [0.2, 0.25) is 0 Å². The van der Waals surface area contributed by atoms with Gasteiger partial charge in [0.05, 0.1) is 5.56 Å². The van der Waals surface area contributed by atoms with E-state index in [2.05, 4.69) is 0 Å². The molecule has 1 aliphatic rings. The second kappa shape index (κ2) is 6.55. The number of carbonyl (C=O) groups is 1. The summed E-state index contributed by atoms with van der Waals surface area (Å²) in [5.41, 5.74) is 2.68. The molecule has 3 nitrogen and oxygen atoms in total. The van der Waals surface area contributed by atoms with Crippen LogP contribution in [0.15, 0.2) is 54.6 Å². The van der Waals surface area contributed by atoms with E-state index < -0.39 is 5.97 Å². The van der Waals surface area contributed by atoms with Crippen molar-refractivity contribution in [3.8, 4) is 11.1 Å². The molecule has 0 spiro atoms. The second-order valence-corrected chi connectivity index (χ2v) is 5.14. The fourth-order valence-corrected chi connectivity index (χ4v) is 2.43. The molecule has 0 atom stereocenters. The minimum Gasteiger partial charge on any atom is -0.292 e. The van der Waals surface area contributed by atoms with E-state index in [1.54, 1.807) is 12.1 Å². The van der Waals surface area contributed by atoms with Crippen LogP contribution in [-0.4, -0.2) is 5.97 Å². The lowest BCUT2D eigenvalue weighted by molar-refractivity contribution is -0.234. The highest BCUT2D eigenvalue weighted by atomic mass is 17.2. The number of rotatable bonds is 4. The zero-order chi connectivity index (χ0) is 14.5. The predicted molar refractivity (Wildman–Crippen MR) is 80.1 cm³/mol. The van der Waals surface area contributed by atoms with E-state index in [4.69, 9.17) is 9.78 Å². The summed E-state index contributed by atoms with van der Waals surface area (Å²) < 4.78 is 0. The van der Waals surface area contributed by atoms with Crippen LogP contribution in [0.5, 0.6) is 0 Å². The average molecular weight is 281 g/mol. The molecule has 0 amide bonds. The topological polar surface area (TPSA) is 35.5 Å². The Morgan fingerprint density at radius 2 is 1.43 bits per heavy atom. The fraction of sp³-hybridized carbons (Fsp3) is 0.222. The van der Waals surface area contributed by atoms with Crippen LogP contribution >= 0.6 is 0 Å². The molecular weight excluding hydrogens is 264 g/mol. The molecule has 1 saturated carbocycles. The van der Waals surface area contributed by atoms with E-state index in [9.17, 15) is 4.79 Å². The molecule has 0 heterocycles. The van der Waals surface area contributed by atoms with Crippen LogP contribution in [0.4, 0.5) is 0 Å². The van der Waals surface area contributed by atoms with E-state index in [-0.39, 0.29) is 0 Å². The van der Waals surface area contributed by atoms with Crippen LogP contribution in [0, 0.1) is 6.10 Å². The molecule has 1 radical (unpaired) electrons. The Labute approximate surface area is 124 Å². The largest absolute Gasteiger partial charge is 0.373 e. The summed E-state index contributed by atoms with van der Waals surface area (Å²) in [4.78, 5) is 21.9. The number of hydrogen-bond donors (Lipinski definition) is 0. The molecule has 0 aliphatic heterocycles. The molecular formula is C18H17O3. The van der Waals surface area contributed by atoms with Crippen molar-refractivity contribution in [2.24, 2.45) is 0 Å². The highest BCUT2D eigenvalue weighted by Gasteiger charge is 2.20. The summed E-state index contributed by atoms with van der Waals surface area (Å²) in [5.74, 6) is -0.450. The van der Waals surface area contributed by atoms with Gasteiger partial charge in [-0.05, 0) is 36.1 Å². The summed E-state index contributed by atoms with van der Waals surface area (Å²) in [7, 11) is 0. The zero-order valence-corrected chi connectivity index (χ0v) is 11.7. The third kappa shape index (κ3) is 3.50. The lowest BCUT2D eigenvalue weighted by Gasteiger charge is -2.08. The van der Waals surface area contributed by atoms with Crippen LogP contribution in [0.3, 0.4) is 0 Å². The van der Waals surface area contributed by atoms with Crippen LogP contribution in [-0.2, 0) is 9.78 Å². The summed E-state index contributed by atoms with van der Waals surface area (Å²) in [6, 6.07) is 17.4. The van der Waals surface area contributed by atoms with Crippen LogP contribution in [0.2, 0.25) is 0 Å². The van der Waals surface area contributed by atoms with E-state index >= 15 is 0 Å². The summed E-state index contributed by atoms with van der Waals surface area (Å²) >= 11 is 0. The van der Waals surface area contributed by atoms with Gasteiger partial charge in [-0.3, -0.25) is 4.89 Å². The van der Waals surface area contributed by atoms with Crippen molar-refractivity contribution < 1.29 is 14.6 Å². The van der Waals surface area contributed by atoms with Gasteiger partial charge in [-0.25, -0.2) is 4.79 Å². The van der Waals surface area contributed by atoms with Crippen molar-refractivity contribution >= 4 is 5.97 Å². The van der Waals surface area contributed by atoms with Gasteiger partial charge in [0.1, 0.15) is 6.10 Å². The van der Waals surface area contributed by atoms with Crippen molar-refractivity contribution in [3.05, 3.63) is 66.3 Å². The molecule has 2 aromatic rings. The maximum absolute atomic E-state index is 11.9. The standard InChI is InChI=1S/C18H17O3/c19-18(21-20-17-8-4-5-9-17)16-12-10-15(11-13-16)14-6-2-1-3-7-14/h1-3,6-7,10-13H,4-5,8-9H2. The average Bonchev–Trinajstić information content (AvgIpc) is 3.07. The molecule has 0 unspecified atom stereocenters. The molecule has 3 rings (SSSR count). The molecule has 0 aromatic heterocycles. The minimum absolute atomic E-state index is 0.450. The SMILES string of the molecule is O=C(OO[C]1CCCC1)c1ccc(-c2ccccc2)cc1. The monoisotopic (exact) mass is 281 g/mol. The zero-order valence-electron chi connectivity index (χ0n) is 11.7. The Morgan fingerprint density at radius 1 is 0.810 bits per heavy atom. The Kier molecular flexibility index (Phi) is 4.31. The number of benzene rings is 2. The molecule has 1 fully saturated rings. The predicted octanol–water partition coefficient (Wildman–Crippen LogP) is 4.55. The third-order valence-electron chi connectivity index (χ3n) is 3.62. The smallest absolute Gasteiger partial charge is 0.292 e. The van der Waals surface area contributed by atoms with Gasteiger partial charge in [-0.15, -0.1) is 0 Å². The van der Waals surface area contributed by atoms with E-state index in [0.717, 1.165) is 42.9 Å². The summed E-state index contributed by atoms with van der Waals surface area (Å²) in [5, 5.41) is 0. The van der Waals surface area contributed by atoms with Crippen molar-refractivity contribution in [2.75, 3.05) is 0 Å². The highest BCUT2D eigenvalue weighted by Crippen LogP contribution is 2.28. The molecule has 2 aromatic carbocycles. The molecule has 0 saturated heterocycles. The maximum Gasteiger partial charge on any atom is 0.373 e. The normalized spacial score (nSPS) is 15.0. The Morgan fingerprint density at radius 3 is 2.10 bits per heavy atom. The van der Waals surface area contributed by atoms with Crippen LogP contribution < -0.4 is 0 Å². The molecule has 21 heavy (non-hydrogen) atoms. The number of carbonyl (C=O) groups excluding carboxylic acids is 1. The van der Waals surface area contributed by atoms with Crippen molar-refractivity contribution in [2.45, 2.75) is 25.7 Å². The molecule has 3 heteroatoms. The van der Waals surface area contributed by atoms with Crippen molar-refractivity contribution in [1.29, 1.82) is 0 Å². The van der Waals surface area contributed by atoms with Crippen LogP contribution in [0.25, 0.3) is 11.1 Å². The van der Waals surface area contributed by atoms with Gasteiger partial charge < -0.3 is 0 Å². The van der Waals surface area contributed by atoms with E-state index in [1.807, 2.05) is 42.5 Å². The van der Waals surface area contributed by atoms with E-state index in [1.165, 1.54) is 0 Å². The van der Waals surface area contributed by atoms with Gasteiger partial charge >= 0.3 is 5.97 Å². The molecule has 107 valence electrons. The van der Waals surface area contributed by atoms with Gasteiger partial charge in [0.15, 0.2) is 0 Å². The lowest BCUT2D eigenvalue weighted by atomic mass is 10.0. The third-order valence-corrected chi connectivity index (χ3v) is 3.62. The lowest BCUT2D eigenvalue weighted by Crippen LogP contribution is -2.08. The maximum atomic E-state index is 11.9. The quantitative estimate of drug-likeness (QED) is 0.609. The van der Waals surface area contributed by atoms with Gasteiger partial charge in [0.25, 0.3) is 0 Å². The summed E-state index contributed by atoms with van der Waals surface area (Å²) in [6.07, 6.45) is 4.86. The Hall–Kier alpha value is -2.13. The van der Waals surface area contributed by atoms with Crippen molar-refractivity contribution in [3.63, 3.8) is 0 Å². The Balaban J connectivity index is 1.62. The Bertz CT molecular complexity index is 584. The summed E-state index contributed by atoms with van der Waals surface area (Å²) in [6.45, 7) is 0. The van der Waals surface area contributed by atoms with Crippen molar-refractivity contribution in [1.82, 2.24) is 0 Å².